The number of nitrogens with two attached hydrogens (primary N) is 1. The fourth-order valence-electron chi connectivity index (χ4n) is 3.34. The molecule has 1 saturated heterocycles. The Kier molecular flexibility index (Phi) is 5.65. The number of hydrogen-bond donors (Lipinski definition) is 1. The molecule has 2 atom stereocenters. The summed E-state index contributed by atoms with van der Waals surface area (Å²) in [4.78, 5) is 15.5. The molecule has 1 aromatic heterocycles. The first-order valence-corrected chi connectivity index (χ1v) is 8.56. The number of likely N-dealkylation sites (tertiary alicyclic amines) is 1. The van der Waals surface area contributed by atoms with Gasteiger partial charge in [0.05, 0.1) is 4.88 Å². The maximum atomic E-state index is 14.0. The first-order chi connectivity index (χ1) is 10.5. The van der Waals surface area contributed by atoms with Gasteiger partial charge in [0.1, 0.15) is 5.82 Å². The number of carbonyl (C=O) groups excluding carboxylic acids is 1. The highest BCUT2D eigenvalue weighted by molar-refractivity contribution is 7.21. The molecule has 2 N–H and O–H groups in total. The number of piperidine rings is 1. The molecule has 1 aliphatic heterocycles. The first kappa shape index (κ1) is 18.2. The summed E-state index contributed by atoms with van der Waals surface area (Å²) >= 11 is 1.38. The second-order valence-corrected chi connectivity index (χ2v) is 7.14. The van der Waals surface area contributed by atoms with Crippen molar-refractivity contribution in [1.29, 1.82) is 0 Å². The average molecular weight is 357 g/mol. The molecule has 0 radical (unpaired) electrons. The van der Waals surface area contributed by atoms with Crippen molar-refractivity contribution in [1.82, 2.24) is 4.90 Å². The molecular formula is C17H22ClFN2OS. The fraction of sp³-hybridized carbons (Fsp3) is 0.471. The Labute approximate surface area is 146 Å². The second-order valence-electron chi connectivity index (χ2n) is 6.09. The number of benzene rings is 1. The van der Waals surface area contributed by atoms with Gasteiger partial charge in [-0.15, -0.1) is 23.7 Å². The molecule has 3 rings (SSSR count). The number of rotatable bonds is 2. The number of carbonyl (C=O) groups is 1. The van der Waals surface area contributed by atoms with Crippen LogP contribution >= 0.6 is 23.7 Å². The van der Waals surface area contributed by atoms with Crippen molar-refractivity contribution in [3.8, 4) is 0 Å². The van der Waals surface area contributed by atoms with Crippen molar-refractivity contribution in [2.45, 2.75) is 45.2 Å². The first-order valence-electron chi connectivity index (χ1n) is 7.75. The molecule has 2 heterocycles. The summed E-state index contributed by atoms with van der Waals surface area (Å²) in [7, 11) is 0. The van der Waals surface area contributed by atoms with Gasteiger partial charge in [-0.1, -0.05) is 6.07 Å². The minimum Gasteiger partial charge on any atom is -0.333 e. The molecule has 23 heavy (non-hydrogen) atoms. The van der Waals surface area contributed by atoms with Crippen LogP contribution in [0.1, 0.15) is 41.4 Å². The topological polar surface area (TPSA) is 46.3 Å². The zero-order valence-electron chi connectivity index (χ0n) is 13.3. The van der Waals surface area contributed by atoms with Gasteiger partial charge in [-0.25, -0.2) is 4.39 Å². The zero-order chi connectivity index (χ0) is 15.9. The van der Waals surface area contributed by atoms with Crippen LogP contribution in [-0.2, 0) is 0 Å². The monoisotopic (exact) mass is 356 g/mol. The Bertz CT molecular complexity index is 716. The number of thiophene rings is 1. The SMILES string of the molecule is Cc1c(C(=O)N2CCCCC2C(C)N)sc2cccc(F)c12.Cl. The molecule has 1 amide bonds. The third-order valence-electron chi connectivity index (χ3n) is 4.51. The molecule has 0 aliphatic carbocycles. The lowest BCUT2D eigenvalue weighted by atomic mass is 9.96. The highest BCUT2D eigenvalue weighted by atomic mass is 35.5. The van der Waals surface area contributed by atoms with Crippen LogP contribution in [0.4, 0.5) is 4.39 Å². The smallest absolute Gasteiger partial charge is 0.264 e. The van der Waals surface area contributed by atoms with Crippen LogP contribution in [0, 0.1) is 12.7 Å². The van der Waals surface area contributed by atoms with E-state index in [2.05, 4.69) is 0 Å². The van der Waals surface area contributed by atoms with E-state index in [9.17, 15) is 9.18 Å². The maximum absolute atomic E-state index is 14.0. The van der Waals surface area contributed by atoms with Crippen LogP contribution < -0.4 is 5.73 Å². The van der Waals surface area contributed by atoms with Crippen LogP contribution in [0.2, 0.25) is 0 Å². The highest BCUT2D eigenvalue weighted by Crippen LogP contribution is 2.34. The molecule has 2 aromatic rings. The Hall–Kier alpha value is -1.17. The van der Waals surface area contributed by atoms with E-state index in [-0.39, 0.29) is 36.2 Å². The molecule has 0 spiro atoms. The summed E-state index contributed by atoms with van der Waals surface area (Å²) < 4.78 is 14.9. The van der Waals surface area contributed by atoms with Crippen molar-refractivity contribution in [3.05, 3.63) is 34.5 Å². The average Bonchev–Trinajstić information content (AvgIpc) is 2.85. The van der Waals surface area contributed by atoms with Gasteiger partial charge < -0.3 is 10.6 Å². The largest absolute Gasteiger partial charge is 0.333 e. The maximum Gasteiger partial charge on any atom is 0.264 e. The van der Waals surface area contributed by atoms with Gasteiger partial charge in [0.15, 0.2) is 0 Å². The molecule has 0 saturated carbocycles. The van der Waals surface area contributed by atoms with Crippen molar-refractivity contribution >= 4 is 39.7 Å². The van der Waals surface area contributed by atoms with Gasteiger partial charge in [0.2, 0.25) is 0 Å². The van der Waals surface area contributed by atoms with Gasteiger partial charge in [0.25, 0.3) is 5.91 Å². The Morgan fingerprint density at radius 1 is 1.43 bits per heavy atom. The van der Waals surface area contributed by atoms with E-state index in [4.69, 9.17) is 5.73 Å². The molecular weight excluding hydrogens is 335 g/mol. The highest BCUT2D eigenvalue weighted by Gasteiger charge is 2.31. The zero-order valence-corrected chi connectivity index (χ0v) is 15.0. The van der Waals surface area contributed by atoms with Crippen LogP contribution in [-0.4, -0.2) is 29.4 Å². The Morgan fingerprint density at radius 3 is 2.83 bits per heavy atom. The molecule has 1 aliphatic rings. The molecule has 1 aromatic carbocycles. The van der Waals surface area contributed by atoms with Crippen LogP contribution in [0.3, 0.4) is 0 Å². The summed E-state index contributed by atoms with van der Waals surface area (Å²) in [5, 5.41) is 0.574. The van der Waals surface area contributed by atoms with Gasteiger partial charge in [-0.3, -0.25) is 4.79 Å². The van der Waals surface area contributed by atoms with Crippen molar-refractivity contribution in [2.24, 2.45) is 5.73 Å². The van der Waals surface area contributed by atoms with Gasteiger partial charge in [0, 0.05) is 28.7 Å². The number of hydrogen-bond acceptors (Lipinski definition) is 3. The summed E-state index contributed by atoms with van der Waals surface area (Å²) in [6, 6.07) is 5.04. The standard InChI is InChI=1S/C17H21FN2OS.ClH/c1-10-15-12(18)6-5-8-14(15)22-16(10)17(21)20-9-4-3-7-13(20)11(2)19;/h5-6,8,11,13H,3-4,7,9,19H2,1-2H3;1H. The van der Waals surface area contributed by atoms with Crippen LogP contribution in [0.15, 0.2) is 18.2 Å². The third kappa shape index (κ3) is 3.23. The van der Waals surface area contributed by atoms with Gasteiger partial charge in [-0.2, -0.15) is 0 Å². The minimum absolute atomic E-state index is 0. The van der Waals surface area contributed by atoms with Crippen molar-refractivity contribution < 1.29 is 9.18 Å². The number of nitrogens with zero attached hydrogens (tertiary/aromatic N) is 1. The Balaban J connectivity index is 0.00000192. The summed E-state index contributed by atoms with van der Waals surface area (Å²) in [6.45, 7) is 4.52. The number of halogens is 2. The third-order valence-corrected chi connectivity index (χ3v) is 5.76. The van der Waals surface area contributed by atoms with Gasteiger partial charge in [-0.05, 0) is 50.8 Å². The fourth-order valence-corrected chi connectivity index (χ4v) is 4.52. The summed E-state index contributed by atoms with van der Waals surface area (Å²) in [6.07, 6.45) is 3.06. The lowest BCUT2D eigenvalue weighted by molar-refractivity contribution is 0.0588. The summed E-state index contributed by atoms with van der Waals surface area (Å²) in [5.41, 5.74) is 6.81. The molecule has 3 nitrogen and oxygen atoms in total. The van der Waals surface area contributed by atoms with Crippen molar-refractivity contribution in [2.75, 3.05) is 6.54 Å². The van der Waals surface area contributed by atoms with E-state index in [0.717, 1.165) is 36.1 Å². The second kappa shape index (κ2) is 7.16. The van der Waals surface area contributed by atoms with E-state index in [0.29, 0.717) is 10.3 Å². The predicted molar refractivity (Wildman–Crippen MR) is 96.1 cm³/mol. The lowest BCUT2D eigenvalue weighted by Gasteiger charge is -2.38. The van der Waals surface area contributed by atoms with E-state index >= 15 is 0 Å². The normalized spacial score (nSPS) is 19.5. The van der Waals surface area contributed by atoms with Crippen LogP contribution in [0.25, 0.3) is 10.1 Å². The molecule has 126 valence electrons. The van der Waals surface area contributed by atoms with E-state index in [1.54, 1.807) is 6.07 Å². The molecule has 1 fully saturated rings. The van der Waals surface area contributed by atoms with Gasteiger partial charge >= 0.3 is 0 Å². The Morgan fingerprint density at radius 2 is 2.17 bits per heavy atom. The number of fused-ring (bicyclic) bond motifs is 1. The summed E-state index contributed by atoms with van der Waals surface area (Å²) in [5.74, 6) is -0.257. The number of amides is 1. The van der Waals surface area contributed by atoms with Crippen LogP contribution in [0.5, 0.6) is 0 Å². The van der Waals surface area contributed by atoms with E-state index in [1.807, 2.05) is 24.8 Å². The predicted octanol–water partition coefficient (Wildman–Crippen LogP) is 4.11. The molecule has 2 unspecified atom stereocenters. The minimum atomic E-state index is -0.257. The van der Waals surface area contributed by atoms with Crippen molar-refractivity contribution in [3.63, 3.8) is 0 Å². The van der Waals surface area contributed by atoms with E-state index in [1.165, 1.54) is 17.4 Å². The van der Waals surface area contributed by atoms with E-state index < -0.39 is 0 Å². The number of aryl methyl sites for hydroxylation is 1. The lowest BCUT2D eigenvalue weighted by Crippen LogP contribution is -2.51. The molecule has 6 heteroatoms. The quantitative estimate of drug-likeness (QED) is 0.880. The molecule has 0 bridgehead atoms.